The van der Waals surface area contributed by atoms with Gasteiger partial charge in [0.15, 0.2) is 6.10 Å². The molecule has 0 spiro atoms. The second kappa shape index (κ2) is 12.9. The number of ether oxygens (including phenoxy) is 2. The summed E-state index contributed by atoms with van der Waals surface area (Å²) >= 11 is 0. The van der Waals surface area contributed by atoms with Crippen molar-refractivity contribution in [2.75, 3.05) is 19.7 Å². The fraction of sp³-hybridized carbons (Fsp3) is 0.355. The summed E-state index contributed by atoms with van der Waals surface area (Å²) in [6.07, 6.45) is -0.723. The molecule has 2 atom stereocenters. The SMILES string of the molecule is CC(C)(C)N1CC[C@H](N=C(N)c2ccc(OC[C@H](ON)C(=O)OC(c3ccccc3)c3ccccc3)cc2)C1. The van der Waals surface area contributed by atoms with Gasteiger partial charge >= 0.3 is 5.97 Å². The van der Waals surface area contributed by atoms with Crippen molar-refractivity contribution in [1.82, 2.24) is 4.90 Å². The Morgan fingerprint density at radius 1 is 0.974 bits per heavy atom. The van der Waals surface area contributed by atoms with Gasteiger partial charge in [-0.25, -0.2) is 10.7 Å². The molecule has 0 radical (unpaired) electrons. The molecule has 39 heavy (non-hydrogen) atoms. The van der Waals surface area contributed by atoms with Crippen molar-refractivity contribution in [3.8, 4) is 5.75 Å². The van der Waals surface area contributed by atoms with E-state index in [0.29, 0.717) is 11.6 Å². The molecule has 1 aliphatic rings. The number of aliphatic imine (C=N–C) groups is 1. The summed E-state index contributed by atoms with van der Waals surface area (Å²) in [5.74, 6) is 5.88. The van der Waals surface area contributed by atoms with Crippen LogP contribution in [-0.2, 0) is 14.4 Å². The molecule has 4 N–H and O–H groups in total. The second-order valence-electron chi connectivity index (χ2n) is 10.7. The minimum atomic E-state index is -1.11. The summed E-state index contributed by atoms with van der Waals surface area (Å²) in [7, 11) is 0. The van der Waals surface area contributed by atoms with Crippen LogP contribution in [0.5, 0.6) is 5.75 Å². The van der Waals surface area contributed by atoms with Gasteiger partial charge in [-0.1, -0.05) is 60.7 Å². The van der Waals surface area contributed by atoms with Gasteiger partial charge in [0.05, 0.1) is 6.04 Å². The van der Waals surface area contributed by atoms with Gasteiger partial charge in [-0.2, -0.15) is 0 Å². The van der Waals surface area contributed by atoms with E-state index in [1.54, 1.807) is 12.1 Å². The maximum Gasteiger partial charge on any atom is 0.341 e. The molecule has 1 fully saturated rings. The van der Waals surface area contributed by atoms with Crippen molar-refractivity contribution in [1.29, 1.82) is 0 Å². The van der Waals surface area contributed by atoms with Gasteiger partial charge in [-0.05, 0) is 62.6 Å². The number of esters is 1. The summed E-state index contributed by atoms with van der Waals surface area (Å²) in [5.41, 5.74) is 8.92. The summed E-state index contributed by atoms with van der Waals surface area (Å²) in [6, 6.07) is 26.5. The fourth-order valence-corrected chi connectivity index (χ4v) is 4.56. The van der Waals surface area contributed by atoms with Crippen molar-refractivity contribution in [3.05, 3.63) is 102 Å². The Morgan fingerprint density at radius 2 is 1.56 bits per heavy atom. The van der Waals surface area contributed by atoms with Crippen LogP contribution in [-0.4, -0.2) is 54.1 Å². The lowest BCUT2D eigenvalue weighted by Gasteiger charge is -2.31. The van der Waals surface area contributed by atoms with Gasteiger partial charge in [-0.3, -0.25) is 14.7 Å². The van der Waals surface area contributed by atoms with Crippen LogP contribution in [0.25, 0.3) is 0 Å². The number of carbonyl (C=O) groups excluding carboxylic acids is 1. The molecule has 3 aromatic rings. The van der Waals surface area contributed by atoms with Crippen LogP contribution >= 0.6 is 0 Å². The standard InChI is InChI=1S/C31H38N4O4/c1-31(2,3)35-19-18-25(20-35)34-29(32)24-14-16-26(17-15-24)37-21-27(39-33)30(36)38-28(22-10-6-4-7-11-22)23-12-8-5-9-13-23/h4-17,25,27-28H,18-21,33H2,1-3H3,(H2,32,34)/t25-,27-/m0/s1. The van der Waals surface area contributed by atoms with Crippen LogP contribution in [0, 0.1) is 0 Å². The van der Waals surface area contributed by atoms with Crippen LogP contribution in [0.1, 0.15) is 50.0 Å². The highest BCUT2D eigenvalue weighted by atomic mass is 16.7. The first-order valence-corrected chi connectivity index (χ1v) is 13.2. The topological polar surface area (TPSA) is 112 Å². The van der Waals surface area contributed by atoms with E-state index in [1.807, 2.05) is 72.8 Å². The average Bonchev–Trinajstić information content (AvgIpc) is 3.42. The molecule has 4 rings (SSSR count). The third kappa shape index (κ3) is 7.66. The van der Waals surface area contributed by atoms with E-state index in [9.17, 15) is 4.79 Å². The highest BCUT2D eigenvalue weighted by molar-refractivity contribution is 5.97. The number of hydrogen-bond acceptors (Lipinski definition) is 7. The number of likely N-dealkylation sites (tertiary alicyclic amines) is 1. The molecule has 1 heterocycles. The molecule has 8 heteroatoms. The fourth-order valence-electron chi connectivity index (χ4n) is 4.56. The van der Waals surface area contributed by atoms with Crippen molar-refractivity contribution in [2.45, 2.75) is 51.0 Å². The monoisotopic (exact) mass is 530 g/mol. The molecule has 1 saturated heterocycles. The third-order valence-electron chi connectivity index (χ3n) is 6.85. The maximum atomic E-state index is 13.0. The summed E-state index contributed by atoms with van der Waals surface area (Å²) < 4.78 is 11.6. The van der Waals surface area contributed by atoms with Gasteiger partial charge in [0.25, 0.3) is 0 Å². The Kier molecular flexibility index (Phi) is 9.35. The minimum absolute atomic E-state index is 0.112. The van der Waals surface area contributed by atoms with Crippen LogP contribution in [0.4, 0.5) is 0 Å². The molecule has 8 nitrogen and oxygen atoms in total. The van der Waals surface area contributed by atoms with Crippen molar-refractivity contribution in [3.63, 3.8) is 0 Å². The molecular weight excluding hydrogens is 492 g/mol. The van der Waals surface area contributed by atoms with E-state index in [1.165, 1.54) is 0 Å². The predicted molar refractivity (Wildman–Crippen MR) is 152 cm³/mol. The van der Waals surface area contributed by atoms with Gasteiger partial charge in [-0.15, -0.1) is 0 Å². The lowest BCUT2D eigenvalue weighted by atomic mass is 10.0. The average molecular weight is 531 g/mol. The smallest absolute Gasteiger partial charge is 0.341 e. The van der Waals surface area contributed by atoms with Crippen LogP contribution in [0.2, 0.25) is 0 Å². The zero-order valence-corrected chi connectivity index (χ0v) is 22.8. The molecular formula is C31H38N4O4. The largest absolute Gasteiger partial charge is 0.490 e. The normalized spacial score (nSPS) is 17.3. The van der Waals surface area contributed by atoms with Crippen molar-refractivity contribution in [2.24, 2.45) is 16.6 Å². The number of nitrogens with two attached hydrogens (primary N) is 2. The lowest BCUT2D eigenvalue weighted by molar-refractivity contribution is -0.163. The van der Waals surface area contributed by atoms with Gasteiger partial charge in [0, 0.05) is 24.2 Å². The first kappa shape index (κ1) is 28.3. The van der Waals surface area contributed by atoms with Gasteiger partial charge in [0.1, 0.15) is 18.2 Å². The summed E-state index contributed by atoms with van der Waals surface area (Å²) in [5, 5.41) is 0. The van der Waals surface area contributed by atoms with Crippen LogP contribution < -0.4 is 16.4 Å². The van der Waals surface area contributed by atoms with E-state index < -0.39 is 18.2 Å². The first-order valence-electron chi connectivity index (χ1n) is 13.2. The number of amidine groups is 1. The Balaban J connectivity index is 1.35. The Labute approximate surface area is 230 Å². The maximum absolute atomic E-state index is 13.0. The Hall–Kier alpha value is -3.72. The molecule has 0 aliphatic carbocycles. The number of rotatable bonds is 10. The Bertz CT molecular complexity index is 1190. The van der Waals surface area contributed by atoms with E-state index in [0.717, 1.165) is 36.2 Å². The number of carbonyl (C=O) groups is 1. The quantitative estimate of drug-likeness (QED) is 0.175. The molecule has 0 amide bonds. The summed E-state index contributed by atoms with van der Waals surface area (Å²) in [4.78, 5) is 25.1. The molecule has 0 bridgehead atoms. The number of benzene rings is 3. The molecule has 0 aromatic heterocycles. The van der Waals surface area contributed by atoms with Gasteiger partial charge < -0.3 is 15.2 Å². The predicted octanol–water partition coefficient (Wildman–Crippen LogP) is 4.24. The molecule has 206 valence electrons. The van der Waals surface area contributed by atoms with Crippen molar-refractivity contribution >= 4 is 11.8 Å². The number of nitrogens with zero attached hydrogens (tertiary/aromatic N) is 2. The van der Waals surface area contributed by atoms with Crippen LogP contribution in [0.3, 0.4) is 0 Å². The lowest BCUT2D eigenvalue weighted by Crippen LogP contribution is -2.39. The summed E-state index contributed by atoms with van der Waals surface area (Å²) in [6.45, 7) is 8.45. The van der Waals surface area contributed by atoms with Crippen molar-refractivity contribution < 1.29 is 19.1 Å². The molecule has 3 aromatic carbocycles. The van der Waals surface area contributed by atoms with E-state index >= 15 is 0 Å². The van der Waals surface area contributed by atoms with Gasteiger partial charge in [0.2, 0.25) is 6.10 Å². The minimum Gasteiger partial charge on any atom is -0.490 e. The highest BCUT2D eigenvalue weighted by Crippen LogP contribution is 2.27. The van der Waals surface area contributed by atoms with E-state index in [-0.39, 0.29) is 18.2 Å². The first-order chi connectivity index (χ1) is 18.7. The second-order valence-corrected chi connectivity index (χ2v) is 10.7. The molecule has 0 unspecified atom stereocenters. The Morgan fingerprint density at radius 3 is 2.08 bits per heavy atom. The zero-order chi connectivity index (χ0) is 27.8. The molecule has 1 aliphatic heterocycles. The third-order valence-corrected chi connectivity index (χ3v) is 6.85. The number of hydrogen-bond donors (Lipinski definition) is 2. The molecule has 0 saturated carbocycles. The van der Waals surface area contributed by atoms with E-state index in [2.05, 4.69) is 25.7 Å². The highest BCUT2D eigenvalue weighted by Gasteiger charge is 2.30. The van der Waals surface area contributed by atoms with Crippen LogP contribution in [0.15, 0.2) is 89.9 Å². The van der Waals surface area contributed by atoms with E-state index in [4.69, 9.17) is 30.9 Å². The zero-order valence-electron chi connectivity index (χ0n) is 22.8.